The molecule has 8 heteroatoms. The summed E-state index contributed by atoms with van der Waals surface area (Å²) in [6, 6.07) is 11.9. The number of carbonyl (C=O) groups excluding carboxylic acids is 1. The zero-order valence-corrected chi connectivity index (χ0v) is 18.8. The van der Waals surface area contributed by atoms with Crippen LogP contribution in [0.15, 0.2) is 40.7 Å². The van der Waals surface area contributed by atoms with E-state index in [4.69, 9.17) is 9.72 Å². The second kappa shape index (κ2) is 9.94. The van der Waals surface area contributed by atoms with Crippen molar-refractivity contribution in [3.63, 3.8) is 0 Å². The minimum atomic E-state index is -0.0976. The standard InChI is InChI=1S/C23H22N4O2S2/c1-29-18-8-6-15(7-9-18)20-14-31-23(26-20)27-21(28)10-11-30-22-17(13-24)12-16-4-2-3-5-19(16)25-22/h6-9,12,14H,2-5,10-11H2,1H3,(H,26,27,28). The summed E-state index contributed by atoms with van der Waals surface area (Å²) in [4.78, 5) is 21.6. The number of thioether (sulfide) groups is 1. The van der Waals surface area contributed by atoms with Crippen molar-refractivity contribution in [2.75, 3.05) is 18.2 Å². The summed E-state index contributed by atoms with van der Waals surface area (Å²) in [6.07, 6.45) is 4.59. The Morgan fingerprint density at radius 3 is 2.84 bits per heavy atom. The predicted octanol–water partition coefficient (Wildman–Crippen LogP) is 5.09. The molecule has 0 unspecified atom stereocenters. The molecule has 2 aromatic heterocycles. The van der Waals surface area contributed by atoms with Crippen molar-refractivity contribution in [3.05, 3.63) is 52.5 Å². The Bertz CT molecular complexity index is 1120. The number of anilines is 1. The van der Waals surface area contributed by atoms with Crippen molar-refractivity contribution >= 4 is 34.1 Å². The fourth-order valence-electron chi connectivity index (χ4n) is 3.45. The van der Waals surface area contributed by atoms with Gasteiger partial charge in [-0.1, -0.05) is 0 Å². The van der Waals surface area contributed by atoms with Crippen LogP contribution in [0.4, 0.5) is 5.13 Å². The average molecular weight is 451 g/mol. The molecule has 0 fully saturated rings. The number of aromatic nitrogens is 2. The average Bonchev–Trinajstić information content (AvgIpc) is 3.27. The Labute approximate surface area is 189 Å². The normalized spacial score (nSPS) is 12.6. The molecule has 1 amide bonds. The maximum atomic E-state index is 12.4. The summed E-state index contributed by atoms with van der Waals surface area (Å²) in [5.74, 6) is 1.25. The van der Waals surface area contributed by atoms with Gasteiger partial charge in [0.25, 0.3) is 0 Å². The third-order valence-corrected chi connectivity index (χ3v) is 6.84. The fourth-order valence-corrected chi connectivity index (χ4v) is 5.10. The third-order valence-electron chi connectivity index (χ3n) is 5.09. The van der Waals surface area contributed by atoms with Crippen molar-refractivity contribution in [3.8, 4) is 23.1 Å². The highest BCUT2D eigenvalue weighted by Gasteiger charge is 2.16. The van der Waals surface area contributed by atoms with Crippen LogP contribution in [0.2, 0.25) is 0 Å². The molecule has 2 heterocycles. The number of carbonyl (C=O) groups is 1. The molecule has 0 atom stereocenters. The largest absolute Gasteiger partial charge is 0.497 e. The zero-order valence-electron chi connectivity index (χ0n) is 17.2. The number of aryl methyl sites for hydroxylation is 2. The number of pyridine rings is 1. The van der Waals surface area contributed by atoms with E-state index in [1.807, 2.05) is 35.7 Å². The van der Waals surface area contributed by atoms with Crippen LogP contribution in [0.3, 0.4) is 0 Å². The zero-order chi connectivity index (χ0) is 21.6. The van der Waals surface area contributed by atoms with E-state index < -0.39 is 0 Å². The van der Waals surface area contributed by atoms with Crippen molar-refractivity contribution in [2.45, 2.75) is 37.1 Å². The topological polar surface area (TPSA) is 87.9 Å². The minimum Gasteiger partial charge on any atom is -0.497 e. The smallest absolute Gasteiger partial charge is 0.226 e. The van der Waals surface area contributed by atoms with Crippen LogP contribution >= 0.6 is 23.1 Å². The number of nitrogens with one attached hydrogen (secondary N) is 1. The molecule has 1 aromatic carbocycles. The quantitative estimate of drug-likeness (QED) is 0.505. The summed E-state index contributed by atoms with van der Waals surface area (Å²) >= 11 is 2.86. The van der Waals surface area contributed by atoms with Crippen molar-refractivity contribution < 1.29 is 9.53 Å². The molecule has 1 aliphatic rings. The summed E-state index contributed by atoms with van der Waals surface area (Å²) in [5.41, 5.74) is 4.69. The molecule has 0 saturated carbocycles. The number of nitriles is 1. The molecular weight excluding hydrogens is 428 g/mol. The SMILES string of the molecule is COc1ccc(-c2csc(NC(=O)CCSc3nc4c(cc3C#N)CCCC4)n2)cc1. The van der Waals surface area contributed by atoms with Crippen LogP contribution in [0, 0.1) is 11.3 Å². The molecule has 3 aromatic rings. The van der Waals surface area contributed by atoms with E-state index in [2.05, 4.69) is 16.4 Å². The highest BCUT2D eigenvalue weighted by atomic mass is 32.2. The number of hydrogen-bond acceptors (Lipinski definition) is 7. The van der Waals surface area contributed by atoms with Gasteiger partial charge in [-0.2, -0.15) is 5.26 Å². The predicted molar refractivity (Wildman–Crippen MR) is 124 cm³/mol. The Hall–Kier alpha value is -2.89. The van der Waals surface area contributed by atoms with Crippen LogP contribution in [-0.4, -0.2) is 28.7 Å². The molecule has 1 N–H and O–H groups in total. The molecule has 6 nitrogen and oxygen atoms in total. The number of methoxy groups -OCH3 is 1. The molecule has 4 rings (SSSR count). The van der Waals surface area contributed by atoms with Gasteiger partial charge in [0.2, 0.25) is 5.91 Å². The highest BCUT2D eigenvalue weighted by molar-refractivity contribution is 7.99. The van der Waals surface area contributed by atoms with Crippen molar-refractivity contribution in [1.29, 1.82) is 5.26 Å². The maximum Gasteiger partial charge on any atom is 0.226 e. The molecule has 1 aliphatic carbocycles. The van der Waals surface area contributed by atoms with Gasteiger partial charge < -0.3 is 10.1 Å². The van der Waals surface area contributed by atoms with Gasteiger partial charge in [0.05, 0.1) is 18.4 Å². The fraction of sp³-hybridized carbons (Fsp3) is 0.304. The lowest BCUT2D eigenvalue weighted by Gasteiger charge is -2.16. The number of nitrogens with zero attached hydrogens (tertiary/aromatic N) is 3. The lowest BCUT2D eigenvalue weighted by molar-refractivity contribution is -0.115. The van der Waals surface area contributed by atoms with Gasteiger partial charge in [-0.15, -0.1) is 23.1 Å². The summed E-state index contributed by atoms with van der Waals surface area (Å²) in [5, 5.41) is 15.5. The van der Waals surface area contributed by atoms with E-state index in [0.29, 0.717) is 22.9 Å². The van der Waals surface area contributed by atoms with E-state index in [0.717, 1.165) is 53.4 Å². The number of amides is 1. The highest BCUT2D eigenvalue weighted by Crippen LogP contribution is 2.29. The van der Waals surface area contributed by atoms with Crippen molar-refractivity contribution in [2.24, 2.45) is 0 Å². The van der Waals surface area contributed by atoms with Crippen molar-refractivity contribution in [1.82, 2.24) is 9.97 Å². The number of benzene rings is 1. The number of rotatable bonds is 7. The van der Waals surface area contributed by atoms with Gasteiger partial charge in [0.15, 0.2) is 5.13 Å². The summed E-state index contributed by atoms with van der Waals surface area (Å²) in [7, 11) is 1.63. The Balaban J connectivity index is 1.32. The van der Waals surface area contributed by atoms with Gasteiger partial charge >= 0.3 is 0 Å². The molecule has 0 spiro atoms. The number of fused-ring (bicyclic) bond motifs is 1. The Morgan fingerprint density at radius 1 is 1.26 bits per heavy atom. The molecule has 0 aliphatic heterocycles. The lowest BCUT2D eigenvalue weighted by Crippen LogP contribution is -2.12. The van der Waals surface area contributed by atoms with E-state index in [-0.39, 0.29) is 5.91 Å². The second-order valence-corrected chi connectivity index (χ2v) is 9.12. The molecule has 0 saturated heterocycles. The Morgan fingerprint density at radius 2 is 2.06 bits per heavy atom. The van der Waals surface area contributed by atoms with Crippen LogP contribution in [0.25, 0.3) is 11.3 Å². The Kier molecular flexibility index (Phi) is 6.85. The first-order valence-corrected chi connectivity index (χ1v) is 12.0. The van der Waals surface area contributed by atoms with Gasteiger partial charge in [-0.25, -0.2) is 9.97 Å². The minimum absolute atomic E-state index is 0.0976. The molecule has 0 radical (unpaired) electrons. The van der Waals surface area contributed by atoms with Crippen LogP contribution in [-0.2, 0) is 17.6 Å². The van der Waals surface area contributed by atoms with Gasteiger partial charge in [-0.3, -0.25) is 4.79 Å². The molecule has 158 valence electrons. The van der Waals surface area contributed by atoms with E-state index >= 15 is 0 Å². The number of thiazole rings is 1. The van der Waals surface area contributed by atoms with Crippen LogP contribution in [0.5, 0.6) is 5.75 Å². The van der Waals surface area contributed by atoms with Crippen LogP contribution in [0.1, 0.15) is 36.1 Å². The second-order valence-electron chi connectivity index (χ2n) is 7.18. The maximum absolute atomic E-state index is 12.4. The van der Waals surface area contributed by atoms with E-state index in [9.17, 15) is 10.1 Å². The number of hydrogen-bond donors (Lipinski definition) is 1. The molecule has 31 heavy (non-hydrogen) atoms. The van der Waals surface area contributed by atoms with Crippen LogP contribution < -0.4 is 10.1 Å². The molecule has 0 bridgehead atoms. The first-order chi connectivity index (χ1) is 15.2. The third kappa shape index (κ3) is 5.24. The van der Waals surface area contributed by atoms with E-state index in [1.54, 1.807) is 7.11 Å². The molecular formula is C23H22N4O2S2. The van der Waals surface area contributed by atoms with Gasteiger partial charge in [0, 0.05) is 28.8 Å². The summed E-state index contributed by atoms with van der Waals surface area (Å²) < 4.78 is 5.18. The monoisotopic (exact) mass is 450 g/mol. The van der Waals surface area contributed by atoms with Gasteiger partial charge in [-0.05, 0) is 61.6 Å². The first-order valence-electron chi connectivity index (χ1n) is 10.1. The lowest BCUT2D eigenvalue weighted by atomic mass is 9.95. The first kappa shape index (κ1) is 21.3. The van der Waals surface area contributed by atoms with E-state index in [1.165, 1.54) is 28.7 Å². The number of ether oxygens (including phenoxy) is 1. The summed E-state index contributed by atoms with van der Waals surface area (Å²) in [6.45, 7) is 0. The van der Waals surface area contributed by atoms with Gasteiger partial charge in [0.1, 0.15) is 16.8 Å².